The van der Waals surface area contributed by atoms with Crippen LogP contribution in [0.15, 0.2) is 42.5 Å². The van der Waals surface area contributed by atoms with Crippen LogP contribution in [0.3, 0.4) is 0 Å². The van der Waals surface area contributed by atoms with Crippen LogP contribution < -0.4 is 15.0 Å². The highest BCUT2D eigenvalue weighted by atomic mass is 19.1. The molecular formula is C18H16F2N2O3. The van der Waals surface area contributed by atoms with Crippen molar-refractivity contribution >= 4 is 23.2 Å². The number of benzene rings is 2. The normalized spacial score (nSPS) is 16.2. The maximum absolute atomic E-state index is 13.6. The van der Waals surface area contributed by atoms with E-state index in [-0.39, 0.29) is 18.9 Å². The van der Waals surface area contributed by atoms with E-state index in [1.54, 1.807) is 31.2 Å². The minimum absolute atomic E-state index is 0.0749. The molecule has 1 aliphatic rings. The van der Waals surface area contributed by atoms with Gasteiger partial charge in [0.1, 0.15) is 23.1 Å². The fraction of sp³-hybridized carbons (Fsp3) is 0.222. The summed E-state index contributed by atoms with van der Waals surface area (Å²) in [4.78, 5) is 25.8. The highest BCUT2D eigenvalue weighted by molar-refractivity contribution is 6.00. The molecule has 0 saturated heterocycles. The third-order valence-electron chi connectivity index (χ3n) is 3.86. The predicted molar refractivity (Wildman–Crippen MR) is 88.5 cm³/mol. The number of para-hydroxylation sites is 3. The second kappa shape index (κ2) is 6.88. The minimum Gasteiger partial charge on any atom is -0.479 e. The van der Waals surface area contributed by atoms with Gasteiger partial charge in [-0.3, -0.25) is 9.59 Å². The van der Waals surface area contributed by atoms with E-state index in [2.05, 4.69) is 5.32 Å². The molecule has 0 fully saturated rings. The van der Waals surface area contributed by atoms with Crippen LogP contribution in [-0.4, -0.2) is 24.5 Å². The molecule has 0 aliphatic carbocycles. The largest absolute Gasteiger partial charge is 0.479 e. The van der Waals surface area contributed by atoms with Gasteiger partial charge >= 0.3 is 0 Å². The Morgan fingerprint density at radius 1 is 1.16 bits per heavy atom. The standard InChI is InChI=1S/C18H16F2N2O3/c1-11-18(24)22(14-7-2-3-8-15(14)25-11)10-9-16(23)21-17-12(19)5-4-6-13(17)20/h2-8,11H,9-10H2,1H3,(H,21,23). The van der Waals surface area contributed by atoms with Crippen molar-refractivity contribution in [3.63, 3.8) is 0 Å². The molecule has 2 aromatic carbocycles. The second-order valence-corrected chi connectivity index (χ2v) is 5.61. The van der Waals surface area contributed by atoms with E-state index in [0.29, 0.717) is 11.4 Å². The number of halogens is 2. The first-order valence-corrected chi connectivity index (χ1v) is 7.78. The Morgan fingerprint density at radius 3 is 2.56 bits per heavy atom. The Bertz CT molecular complexity index is 805. The topological polar surface area (TPSA) is 58.6 Å². The van der Waals surface area contributed by atoms with Gasteiger partial charge < -0.3 is 15.0 Å². The van der Waals surface area contributed by atoms with E-state index in [1.807, 2.05) is 0 Å². The van der Waals surface area contributed by atoms with Gasteiger partial charge in [-0.2, -0.15) is 0 Å². The number of rotatable bonds is 4. The Balaban J connectivity index is 1.71. The van der Waals surface area contributed by atoms with Crippen molar-refractivity contribution < 1.29 is 23.1 Å². The summed E-state index contributed by atoms with van der Waals surface area (Å²) in [7, 11) is 0. The molecule has 3 rings (SSSR count). The summed E-state index contributed by atoms with van der Waals surface area (Å²) in [5.41, 5.74) is 0.0741. The number of hydrogen-bond donors (Lipinski definition) is 1. The number of carbonyl (C=O) groups is 2. The van der Waals surface area contributed by atoms with Crippen LogP contribution in [0.4, 0.5) is 20.2 Å². The van der Waals surface area contributed by atoms with E-state index in [9.17, 15) is 18.4 Å². The summed E-state index contributed by atoms with van der Waals surface area (Å²) in [6, 6.07) is 10.3. The summed E-state index contributed by atoms with van der Waals surface area (Å²) in [6.07, 6.45) is -0.775. The summed E-state index contributed by atoms with van der Waals surface area (Å²) < 4.78 is 32.7. The zero-order valence-corrected chi connectivity index (χ0v) is 13.5. The molecule has 25 heavy (non-hydrogen) atoms. The van der Waals surface area contributed by atoms with Crippen molar-refractivity contribution in [1.29, 1.82) is 0 Å². The molecule has 2 amide bonds. The number of ether oxygens (including phenoxy) is 1. The summed E-state index contributed by atoms with van der Waals surface area (Å²) >= 11 is 0. The van der Waals surface area contributed by atoms with Gasteiger partial charge in [0.2, 0.25) is 5.91 Å². The molecule has 0 bridgehead atoms. The maximum Gasteiger partial charge on any atom is 0.267 e. The summed E-state index contributed by atoms with van der Waals surface area (Å²) in [5.74, 6) is -2.02. The van der Waals surface area contributed by atoms with Crippen molar-refractivity contribution in [1.82, 2.24) is 0 Å². The SMILES string of the molecule is CC1Oc2ccccc2N(CCC(=O)Nc2c(F)cccc2F)C1=O. The summed E-state index contributed by atoms with van der Waals surface area (Å²) in [5, 5.41) is 2.21. The van der Waals surface area contributed by atoms with Crippen LogP contribution in [0.2, 0.25) is 0 Å². The number of fused-ring (bicyclic) bond motifs is 1. The lowest BCUT2D eigenvalue weighted by atomic mass is 10.1. The van der Waals surface area contributed by atoms with Gasteiger partial charge in [0.05, 0.1) is 5.69 Å². The van der Waals surface area contributed by atoms with Gasteiger partial charge in [-0.1, -0.05) is 18.2 Å². The predicted octanol–water partition coefficient (Wildman–Crippen LogP) is 3.11. The van der Waals surface area contributed by atoms with Gasteiger partial charge in [0.15, 0.2) is 6.10 Å². The lowest BCUT2D eigenvalue weighted by Gasteiger charge is -2.32. The molecule has 1 unspecified atom stereocenters. The van der Waals surface area contributed by atoms with Gasteiger partial charge in [-0.05, 0) is 31.2 Å². The average molecular weight is 346 g/mol. The zero-order valence-electron chi connectivity index (χ0n) is 13.5. The Morgan fingerprint density at radius 2 is 1.84 bits per heavy atom. The number of amides is 2. The molecule has 1 heterocycles. The Hall–Kier alpha value is -2.96. The van der Waals surface area contributed by atoms with Crippen LogP contribution in [0, 0.1) is 11.6 Å². The number of anilines is 2. The molecule has 5 nitrogen and oxygen atoms in total. The maximum atomic E-state index is 13.6. The van der Waals surface area contributed by atoms with Crippen LogP contribution >= 0.6 is 0 Å². The number of nitrogens with one attached hydrogen (secondary N) is 1. The third kappa shape index (κ3) is 3.45. The zero-order chi connectivity index (χ0) is 18.0. The van der Waals surface area contributed by atoms with Gasteiger partial charge in [0, 0.05) is 13.0 Å². The smallest absolute Gasteiger partial charge is 0.267 e. The average Bonchev–Trinajstić information content (AvgIpc) is 2.59. The molecule has 2 aromatic rings. The van der Waals surface area contributed by atoms with E-state index in [1.165, 1.54) is 11.0 Å². The molecule has 130 valence electrons. The van der Waals surface area contributed by atoms with Gasteiger partial charge in [0.25, 0.3) is 5.91 Å². The van der Waals surface area contributed by atoms with Crippen molar-refractivity contribution in [3.8, 4) is 5.75 Å². The molecule has 0 radical (unpaired) electrons. The summed E-state index contributed by atoms with van der Waals surface area (Å²) in [6.45, 7) is 1.70. The van der Waals surface area contributed by atoms with Crippen LogP contribution in [0.1, 0.15) is 13.3 Å². The molecule has 0 saturated carbocycles. The fourth-order valence-electron chi connectivity index (χ4n) is 2.62. The second-order valence-electron chi connectivity index (χ2n) is 5.61. The van der Waals surface area contributed by atoms with Gasteiger partial charge in [-0.15, -0.1) is 0 Å². The highest BCUT2D eigenvalue weighted by Gasteiger charge is 2.31. The third-order valence-corrected chi connectivity index (χ3v) is 3.86. The molecular weight excluding hydrogens is 330 g/mol. The molecule has 7 heteroatoms. The molecule has 1 N–H and O–H groups in total. The lowest BCUT2D eigenvalue weighted by Crippen LogP contribution is -2.45. The Kier molecular flexibility index (Phi) is 4.65. The van der Waals surface area contributed by atoms with E-state index >= 15 is 0 Å². The highest BCUT2D eigenvalue weighted by Crippen LogP contribution is 2.33. The van der Waals surface area contributed by atoms with Crippen LogP contribution in [0.5, 0.6) is 5.75 Å². The number of hydrogen-bond acceptors (Lipinski definition) is 3. The monoisotopic (exact) mass is 346 g/mol. The van der Waals surface area contributed by atoms with E-state index < -0.39 is 29.3 Å². The Labute approximate surface area is 143 Å². The van der Waals surface area contributed by atoms with Crippen molar-refractivity contribution in [2.75, 3.05) is 16.8 Å². The van der Waals surface area contributed by atoms with Crippen LogP contribution in [-0.2, 0) is 9.59 Å². The first kappa shape index (κ1) is 16.9. The van der Waals surface area contributed by atoms with E-state index in [0.717, 1.165) is 12.1 Å². The lowest BCUT2D eigenvalue weighted by molar-refractivity contribution is -0.125. The quantitative estimate of drug-likeness (QED) is 0.925. The molecule has 1 aliphatic heterocycles. The number of carbonyl (C=O) groups excluding carboxylic acids is 2. The van der Waals surface area contributed by atoms with Crippen molar-refractivity contribution in [3.05, 3.63) is 54.1 Å². The molecule has 1 atom stereocenters. The first-order valence-electron chi connectivity index (χ1n) is 7.78. The van der Waals surface area contributed by atoms with Crippen molar-refractivity contribution in [2.45, 2.75) is 19.4 Å². The number of nitrogens with zero attached hydrogens (tertiary/aromatic N) is 1. The van der Waals surface area contributed by atoms with E-state index in [4.69, 9.17) is 4.74 Å². The fourth-order valence-corrected chi connectivity index (χ4v) is 2.62. The van der Waals surface area contributed by atoms with Crippen molar-refractivity contribution in [2.24, 2.45) is 0 Å². The molecule has 0 spiro atoms. The minimum atomic E-state index is -0.852. The molecule has 0 aromatic heterocycles. The first-order chi connectivity index (χ1) is 12.0. The van der Waals surface area contributed by atoms with Gasteiger partial charge in [-0.25, -0.2) is 8.78 Å². The van der Waals surface area contributed by atoms with Crippen LogP contribution in [0.25, 0.3) is 0 Å².